The van der Waals surface area contributed by atoms with Gasteiger partial charge in [-0.1, -0.05) is 147 Å². The van der Waals surface area contributed by atoms with Gasteiger partial charge in [0.1, 0.15) is 0 Å². The summed E-state index contributed by atoms with van der Waals surface area (Å²) < 4.78 is 0. The number of hydrogen-bond acceptors (Lipinski definition) is 0. The van der Waals surface area contributed by atoms with Gasteiger partial charge < -0.3 is 0 Å². The topological polar surface area (TPSA) is 0 Å². The second-order valence-corrected chi connectivity index (χ2v) is 9.10. The molecule has 0 aliphatic carbocycles. The Labute approximate surface area is 177 Å². The van der Waals surface area contributed by atoms with Crippen LogP contribution in [0.25, 0.3) is 0 Å². The third-order valence-electron chi connectivity index (χ3n) is 6.83. The predicted molar refractivity (Wildman–Crippen MR) is 128 cm³/mol. The van der Waals surface area contributed by atoms with Crippen LogP contribution in [0, 0.1) is 0 Å². The summed E-state index contributed by atoms with van der Waals surface area (Å²) in [6.07, 6.45) is 25.4. The fraction of sp³-hybridized carbons (Fsp3) is 0.786. The van der Waals surface area contributed by atoms with E-state index in [0.29, 0.717) is 5.41 Å². The largest absolute Gasteiger partial charge is 0.0654 e. The molecule has 0 aliphatic heterocycles. The minimum atomic E-state index is 0.424. The van der Waals surface area contributed by atoms with Gasteiger partial charge in [0, 0.05) is 0 Å². The molecule has 1 rings (SSSR count). The monoisotopic (exact) mass is 386 g/mol. The van der Waals surface area contributed by atoms with Gasteiger partial charge in [-0.3, -0.25) is 0 Å². The average molecular weight is 387 g/mol. The van der Waals surface area contributed by atoms with Crippen molar-refractivity contribution in [2.45, 2.75) is 142 Å². The highest BCUT2D eigenvalue weighted by Crippen LogP contribution is 2.39. The second-order valence-electron chi connectivity index (χ2n) is 9.10. The lowest BCUT2D eigenvalue weighted by molar-refractivity contribution is 0.321. The van der Waals surface area contributed by atoms with E-state index in [2.05, 4.69) is 51.1 Å². The first-order chi connectivity index (χ1) is 13.8. The smallest absolute Gasteiger partial charge is 0.00496 e. The lowest BCUT2D eigenvalue weighted by atomic mass is 9.70. The Morgan fingerprint density at radius 1 is 0.500 bits per heavy atom. The van der Waals surface area contributed by atoms with Crippen LogP contribution in [0.15, 0.2) is 30.3 Å². The molecule has 0 N–H and O–H groups in total. The summed E-state index contributed by atoms with van der Waals surface area (Å²) in [6.45, 7) is 7.04. The number of benzene rings is 1. The molecule has 0 nitrogen and oxygen atoms in total. The van der Waals surface area contributed by atoms with E-state index in [1.54, 1.807) is 5.56 Å². The van der Waals surface area contributed by atoms with Crippen LogP contribution < -0.4 is 0 Å². The molecule has 0 radical (unpaired) electrons. The molecule has 0 heteroatoms. The maximum Gasteiger partial charge on any atom is -0.00496 e. The Kier molecular flexibility index (Phi) is 15.4. The van der Waals surface area contributed by atoms with Gasteiger partial charge in [0.15, 0.2) is 0 Å². The average Bonchev–Trinajstić information content (AvgIpc) is 2.74. The summed E-state index contributed by atoms with van der Waals surface area (Å²) in [5.41, 5.74) is 2.03. The first-order valence-electron chi connectivity index (χ1n) is 12.8. The zero-order chi connectivity index (χ0) is 20.3. The molecule has 0 heterocycles. The van der Waals surface area contributed by atoms with Crippen LogP contribution in [-0.2, 0) is 5.41 Å². The van der Waals surface area contributed by atoms with Crippen molar-refractivity contribution in [1.82, 2.24) is 0 Å². The number of rotatable bonds is 19. The van der Waals surface area contributed by atoms with Gasteiger partial charge in [-0.15, -0.1) is 0 Å². The van der Waals surface area contributed by atoms with Crippen molar-refractivity contribution in [3.8, 4) is 0 Å². The van der Waals surface area contributed by atoms with Crippen LogP contribution in [0.2, 0.25) is 0 Å². The van der Waals surface area contributed by atoms with Crippen molar-refractivity contribution in [3.05, 3.63) is 35.9 Å². The van der Waals surface area contributed by atoms with Crippen LogP contribution in [-0.4, -0.2) is 0 Å². The summed E-state index contributed by atoms with van der Waals surface area (Å²) in [4.78, 5) is 0. The first-order valence-corrected chi connectivity index (χ1v) is 12.8. The van der Waals surface area contributed by atoms with Gasteiger partial charge in [-0.05, 0) is 30.2 Å². The molecule has 0 saturated carbocycles. The summed E-state index contributed by atoms with van der Waals surface area (Å²) in [7, 11) is 0. The van der Waals surface area contributed by atoms with E-state index in [4.69, 9.17) is 0 Å². The summed E-state index contributed by atoms with van der Waals surface area (Å²) >= 11 is 0. The van der Waals surface area contributed by atoms with Crippen molar-refractivity contribution in [2.24, 2.45) is 0 Å². The highest BCUT2D eigenvalue weighted by atomic mass is 14.3. The van der Waals surface area contributed by atoms with E-state index in [0.717, 1.165) is 0 Å². The highest BCUT2D eigenvalue weighted by molar-refractivity contribution is 5.25. The molecule has 1 aromatic rings. The number of hydrogen-bond donors (Lipinski definition) is 0. The van der Waals surface area contributed by atoms with Gasteiger partial charge in [0.2, 0.25) is 0 Å². The van der Waals surface area contributed by atoms with E-state index in [-0.39, 0.29) is 0 Å². The third kappa shape index (κ3) is 10.7. The molecule has 0 amide bonds. The van der Waals surface area contributed by atoms with Crippen LogP contribution in [0.1, 0.15) is 142 Å². The van der Waals surface area contributed by atoms with Gasteiger partial charge in [0.25, 0.3) is 0 Å². The SMILES string of the molecule is CCCCCCCCCCC(CC)(CCCCCCCCC)c1ccccc1. The standard InChI is InChI=1S/C28H50/c1-4-7-9-11-13-15-17-22-26-28(6-3,27-23-19-18-20-24-27)25-21-16-14-12-10-8-5-2/h18-20,23-24H,4-17,21-22,25-26H2,1-3H3. The Balaban J connectivity index is 2.43. The minimum Gasteiger partial charge on any atom is -0.0654 e. The Morgan fingerprint density at radius 2 is 0.893 bits per heavy atom. The van der Waals surface area contributed by atoms with Crippen LogP contribution in [0.5, 0.6) is 0 Å². The lowest BCUT2D eigenvalue weighted by Gasteiger charge is -2.34. The van der Waals surface area contributed by atoms with Crippen LogP contribution >= 0.6 is 0 Å². The Bertz CT molecular complexity index is 435. The van der Waals surface area contributed by atoms with E-state index >= 15 is 0 Å². The van der Waals surface area contributed by atoms with Crippen molar-refractivity contribution >= 4 is 0 Å². The fourth-order valence-electron chi connectivity index (χ4n) is 4.78. The van der Waals surface area contributed by atoms with E-state index in [1.165, 1.54) is 116 Å². The molecule has 0 aromatic heterocycles. The van der Waals surface area contributed by atoms with Gasteiger partial charge in [-0.25, -0.2) is 0 Å². The second kappa shape index (κ2) is 17.1. The molecular weight excluding hydrogens is 336 g/mol. The minimum absolute atomic E-state index is 0.424. The van der Waals surface area contributed by atoms with Crippen molar-refractivity contribution in [3.63, 3.8) is 0 Å². The normalized spacial score (nSPS) is 13.5. The number of unbranched alkanes of at least 4 members (excludes halogenated alkanes) is 13. The van der Waals surface area contributed by atoms with Crippen molar-refractivity contribution in [2.75, 3.05) is 0 Å². The summed E-state index contributed by atoms with van der Waals surface area (Å²) in [5.74, 6) is 0. The molecule has 0 saturated heterocycles. The fourth-order valence-corrected chi connectivity index (χ4v) is 4.78. The zero-order valence-electron chi connectivity index (χ0n) is 19.6. The zero-order valence-corrected chi connectivity index (χ0v) is 19.6. The molecule has 0 aliphatic rings. The quantitative estimate of drug-likeness (QED) is 0.207. The van der Waals surface area contributed by atoms with E-state index in [1.807, 2.05) is 0 Å². The molecule has 0 spiro atoms. The molecule has 162 valence electrons. The Hall–Kier alpha value is -0.780. The molecule has 0 fully saturated rings. The highest BCUT2D eigenvalue weighted by Gasteiger charge is 2.28. The van der Waals surface area contributed by atoms with E-state index in [9.17, 15) is 0 Å². The maximum atomic E-state index is 2.43. The molecule has 1 aromatic carbocycles. The van der Waals surface area contributed by atoms with Gasteiger partial charge in [-0.2, -0.15) is 0 Å². The summed E-state index contributed by atoms with van der Waals surface area (Å²) in [6, 6.07) is 11.5. The molecule has 1 unspecified atom stereocenters. The molecule has 1 atom stereocenters. The summed E-state index contributed by atoms with van der Waals surface area (Å²) in [5, 5.41) is 0. The molecular formula is C28H50. The maximum absolute atomic E-state index is 2.43. The Morgan fingerprint density at radius 3 is 1.29 bits per heavy atom. The van der Waals surface area contributed by atoms with Gasteiger partial charge >= 0.3 is 0 Å². The van der Waals surface area contributed by atoms with Crippen molar-refractivity contribution in [1.29, 1.82) is 0 Å². The first kappa shape index (κ1) is 25.3. The lowest BCUT2D eigenvalue weighted by Crippen LogP contribution is -2.25. The predicted octanol–water partition coefficient (Wildman–Crippen LogP) is 10.0. The molecule has 0 bridgehead atoms. The van der Waals surface area contributed by atoms with Crippen LogP contribution in [0.4, 0.5) is 0 Å². The molecule has 28 heavy (non-hydrogen) atoms. The van der Waals surface area contributed by atoms with Crippen LogP contribution in [0.3, 0.4) is 0 Å². The van der Waals surface area contributed by atoms with Gasteiger partial charge in [0.05, 0.1) is 0 Å². The van der Waals surface area contributed by atoms with E-state index < -0.39 is 0 Å². The van der Waals surface area contributed by atoms with Crippen molar-refractivity contribution < 1.29 is 0 Å². The third-order valence-corrected chi connectivity index (χ3v) is 6.83.